The summed E-state index contributed by atoms with van der Waals surface area (Å²) in [7, 11) is 0. The largest absolute Gasteiger partial charge is 0.299 e. The van der Waals surface area contributed by atoms with Crippen molar-refractivity contribution in [2.45, 2.75) is 18.6 Å². The Morgan fingerprint density at radius 1 is 1.15 bits per heavy atom. The van der Waals surface area contributed by atoms with Crippen LogP contribution in [0.2, 0.25) is 10.0 Å². The van der Waals surface area contributed by atoms with Gasteiger partial charge in [-0.2, -0.15) is 0 Å². The average molecular weight is 324 g/mol. The van der Waals surface area contributed by atoms with Crippen LogP contribution in [-0.2, 0) is 6.42 Å². The lowest BCUT2D eigenvalue weighted by Crippen LogP contribution is -2.02. The minimum Gasteiger partial charge on any atom is -0.299 e. The topological polar surface area (TPSA) is 23.9 Å². The molecule has 0 aliphatic carbocycles. The molecule has 0 spiro atoms. The van der Waals surface area contributed by atoms with Crippen LogP contribution < -0.4 is 0 Å². The lowest BCUT2D eigenvalue weighted by Gasteiger charge is -2.18. The minimum absolute atomic E-state index is 0.125. The summed E-state index contributed by atoms with van der Waals surface area (Å²) in [5.41, 5.74) is 2.26. The Kier molecular flexibility index (Phi) is 5.53. The van der Waals surface area contributed by atoms with Gasteiger partial charge in [-0.15, -0.1) is 11.8 Å². The molecule has 2 rings (SSSR count). The van der Waals surface area contributed by atoms with Crippen molar-refractivity contribution in [2.24, 2.45) is 0 Å². The minimum atomic E-state index is 0.125. The van der Waals surface area contributed by atoms with Gasteiger partial charge in [0.2, 0.25) is 0 Å². The van der Waals surface area contributed by atoms with Crippen molar-refractivity contribution < 1.29 is 0 Å². The van der Waals surface area contributed by atoms with Gasteiger partial charge in [0.25, 0.3) is 0 Å². The summed E-state index contributed by atoms with van der Waals surface area (Å²) in [6.45, 7) is 1.80. The Balaban J connectivity index is 2.29. The average Bonchev–Trinajstić information content (AvgIpc) is 2.38. The molecule has 20 heavy (non-hydrogen) atoms. The second-order valence-electron chi connectivity index (χ2n) is 4.52. The predicted octanol–water partition coefficient (Wildman–Crippen LogP) is 6.01. The highest BCUT2D eigenvalue weighted by molar-refractivity contribution is 8.13. The van der Waals surface area contributed by atoms with Crippen LogP contribution in [-0.4, -0.2) is 5.04 Å². The fourth-order valence-electron chi connectivity index (χ4n) is 2.02. The van der Waals surface area contributed by atoms with Gasteiger partial charge in [-0.05, 0) is 36.6 Å². The number of hydrogen-bond donors (Lipinski definition) is 1. The van der Waals surface area contributed by atoms with Crippen LogP contribution >= 0.6 is 35.0 Å². The molecule has 0 bridgehead atoms. The van der Waals surface area contributed by atoms with E-state index in [-0.39, 0.29) is 5.25 Å². The summed E-state index contributed by atoms with van der Waals surface area (Å²) in [5.74, 6) is 0. The van der Waals surface area contributed by atoms with E-state index in [2.05, 4.69) is 12.1 Å². The van der Waals surface area contributed by atoms with Crippen molar-refractivity contribution in [1.82, 2.24) is 0 Å². The third kappa shape index (κ3) is 4.27. The Morgan fingerprint density at radius 3 is 2.45 bits per heavy atom. The van der Waals surface area contributed by atoms with Crippen molar-refractivity contribution in [1.29, 1.82) is 5.41 Å². The molecule has 1 N–H and O–H groups in total. The second-order valence-corrected chi connectivity index (χ2v) is 6.78. The maximum Gasteiger partial charge on any atom is 0.0616 e. The molecule has 4 heteroatoms. The molecule has 104 valence electrons. The quantitative estimate of drug-likeness (QED) is 0.540. The number of thioether (sulfide) groups is 1. The first-order valence-electron chi connectivity index (χ1n) is 6.27. The zero-order chi connectivity index (χ0) is 14.5. The monoisotopic (exact) mass is 323 g/mol. The number of nitrogens with one attached hydrogen (secondary N) is 1. The number of halogens is 2. The van der Waals surface area contributed by atoms with Crippen molar-refractivity contribution >= 4 is 40.0 Å². The summed E-state index contributed by atoms with van der Waals surface area (Å²) in [6, 6.07) is 15.8. The lowest BCUT2D eigenvalue weighted by molar-refractivity contribution is 0.937. The first kappa shape index (κ1) is 15.4. The molecule has 0 aromatic heterocycles. The third-order valence-electron chi connectivity index (χ3n) is 2.89. The molecule has 0 saturated heterocycles. The molecular weight excluding hydrogens is 309 g/mol. The van der Waals surface area contributed by atoms with E-state index in [4.69, 9.17) is 28.6 Å². The molecule has 0 fully saturated rings. The fraction of sp³-hybridized carbons (Fsp3) is 0.188. The molecule has 0 aliphatic heterocycles. The maximum atomic E-state index is 7.75. The fourth-order valence-corrected chi connectivity index (χ4v) is 3.66. The van der Waals surface area contributed by atoms with Gasteiger partial charge >= 0.3 is 0 Å². The van der Waals surface area contributed by atoms with Crippen LogP contribution in [0.5, 0.6) is 0 Å². The molecule has 2 aromatic carbocycles. The molecule has 1 nitrogen and oxygen atoms in total. The Morgan fingerprint density at radius 2 is 1.85 bits per heavy atom. The first-order valence-corrected chi connectivity index (χ1v) is 7.90. The molecule has 0 radical (unpaired) electrons. The lowest BCUT2D eigenvalue weighted by atomic mass is 10.0. The Labute approximate surface area is 133 Å². The Hall–Kier alpha value is -0.960. The van der Waals surface area contributed by atoms with Crippen LogP contribution in [0.25, 0.3) is 0 Å². The van der Waals surface area contributed by atoms with Crippen LogP contribution in [0.3, 0.4) is 0 Å². The summed E-state index contributed by atoms with van der Waals surface area (Å²) >= 11 is 13.8. The van der Waals surface area contributed by atoms with Crippen LogP contribution in [0.15, 0.2) is 48.5 Å². The summed E-state index contributed by atoms with van der Waals surface area (Å²) < 4.78 is 0. The van der Waals surface area contributed by atoms with Gasteiger partial charge in [0.05, 0.1) is 5.04 Å². The van der Waals surface area contributed by atoms with Crippen molar-refractivity contribution in [3.8, 4) is 0 Å². The van der Waals surface area contributed by atoms with Gasteiger partial charge in [-0.3, -0.25) is 5.41 Å². The van der Waals surface area contributed by atoms with Crippen LogP contribution in [0.1, 0.15) is 23.3 Å². The van der Waals surface area contributed by atoms with Gasteiger partial charge in [-0.25, -0.2) is 0 Å². The third-order valence-corrected chi connectivity index (χ3v) is 4.51. The molecule has 0 aliphatic rings. The molecule has 0 heterocycles. The van der Waals surface area contributed by atoms with E-state index in [0.29, 0.717) is 15.1 Å². The summed E-state index contributed by atoms with van der Waals surface area (Å²) in [6.07, 6.45) is 0.836. The van der Waals surface area contributed by atoms with Gasteiger partial charge in [0.1, 0.15) is 0 Å². The van der Waals surface area contributed by atoms with Crippen molar-refractivity contribution in [2.75, 3.05) is 0 Å². The van der Waals surface area contributed by atoms with E-state index in [1.165, 1.54) is 17.3 Å². The molecule has 1 unspecified atom stereocenters. The molecule has 2 aromatic rings. The Bertz CT molecular complexity index is 599. The van der Waals surface area contributed by atoms with Crippen LogP contribution in [0, 0.1) is 5.41 Å². The van der Waals surface area contributed by atoms with E-state index < -0.39 is 0 Å². The highest BCUT2D eigenvalue weighted by Gasteiger charge is 2.17. The van der Waals surface area contributed by atoms with Crippen LogP contribution in [0.4, 0.5) is 0 Å². The highest BCUT2D eigenvalue weighted by Crippen LogP contribution is 2.37. The van der Waals surface area contributed by atoms with Gasteiger partial charge in [0, 0.05) is 15.3 Å². The van der Waals surface area contributed by atoms with E-state index in [0.717, 1.165) is 12.0 Å². The number of benzene rings is 2. The molecular formula is C16H15Cl2NS. The zero-order valence-corrected chi connectivity index (χ0v) is 13.4. The summed E-state index contributed by atoms with van der Waals surface area (Å²) in [5, 5.41) is 9.74. The SMILES string of the molecule is CC(=N)SC(Cc1ccccc1)c1ccc(Cl)cc1Cl. The zero-order valence-electron chi connectivity index (χ0n) is 11.1. The van der Waals surface area contributed by atoms with E-state index in [1.54, 1.807) is 13.0 Å². The van der Waals surface area contributed by atoms with E-state index >= 15 is 0 Å². The van der Waals surface area contributed by atoms with Crippen molar-refractivity contribution in [3.63, 3.8) is 0 Å². The van der Waals surface area contributed by atoms with Crippen molar-refractivity contribution in [3.05, 3.63) is 69.7 Å². The predicted molar refractivity (Wildman–Crippen MR) is 90.3 cm³/mol. The second kappa shape index (κ2) is 7.16. The first-order chi connectivity index (χ1) is 9.56. The normalized spacial score (nSPS) is 12.2. The van der Waals surface area contributed by atoms with E-state index in [9.17, 15) is 0 Å². The molecule has 0 saturated carbocycles. The number of hydrogen-bond acceptors (Lipinski definition) is 2. The standard InChI is InChI=1S/C16H15Cl2NS/c1-11(19)20-16(9-12-5-3-2-4-6-12)14-8-7-13(17)10-15(14)18/h2-8,10,16,19H,9H2,1H3. The molecule has 0 amide bonds. The van der Waals surface area contributed by atoms with E-state index in [1.807, 2.05) is 30.3 Å². The highest BCUT2D eigenvalue weighted by atomic mass is 35.5. The maximum absolute atomic E-state index is 7.75. The number of rotatable bonds is 4. The smallest absolute Gasteiger partial charge is 0.0616 e. The summed E-state index contributed by atoms with van der Waals surface area (Å²) in [4.78, 5) is 0. The van der Waals surface area contributed by atoms with Gasteiger partial charge in [-0.1, -0.05) is 59.6 Å². The van der Waals surface area contributed by atoms with Gasteiger partial charge in [0.15, 0.2) is 0 Å². The van der Waals surface area contributed by atoms with Gasteiger partial charge < -0.3 is 0 Å². The molecule has 1 atom stereocenters.